The molecule has 1 fully saturated rings. The number of aryl methyl sites for hydroxylation is 1. The zero-order chi connectivity index (χ0) is 30.6. The SMILES string of the molecule is Cc1ccc(CNCCc2ccc(-c3sc4ccccc4c3Cc3ccc(OCCN4CCCC4)cc3)cc2)cc1.O=CO. The van der Waals surface area contributed by atoms with Crippen LogP contribution in [0.15, 0.2) is 97.1 Å². The van der Waals surface area contributed by atoms with Crippen LogP contribution in [-0.4, -0.2) is 49.3 Å². The number of rotatable bonds is 12. The third-order valence-corrected chi connectivity index (χ3v) is 9.40. The quantitative estimate of drug-likeness (QED) is 0.111. The van der Waals surface area contributed by atoms with Gasteiger partial charge in [-0.15, -0.1) is 11.3 Å². The molecule has 1 aliphatic heterocycles. The average Bonchev–Trinajstić information content (AvgIpc) is 3.70. The first-order valence-corrected chi connectivity index (χ1v) is 16.3. The molecule has 0 saturated carbocycles. The van der Waals surface area contributed by atoms with Crippen molar-refractivity contribution in [3.8, 4) is 16.2 Å². The van der Waals surface area contributed by atoms with Gasteiger partial charge in [0.25, 0.3) is 6.47 Å². The van der Waals surface area contributed by atoms with Crippen LogP contribution in [0.2, 0.25) is 0 Å². The number of carbonyl (C=O) groups is 1. The van der Waals surface area contributed by atoms with Gasteiger partial charge in [0.05, 0.1) is 0 Å². The van der Waals surface area contributed by atoms with Gasteiger partial charge in [0, 0.05) is 22.7 Å². The lowest BCUT2D eigenvalue weighted by Crippen LogP contribution is -2.25. The third-order valence-electron chi connectivity index (χ3n) is 8.13. The molecule has 1 saturated heterocycles. The third kappa shape index (κ3) is 8.79. The number of ether oxygens (including phenoxy) is 1. The van der Waals surface area contributed by atoms with Gasteiger partial charge < -0.3 is 15.2 Å². The minimum atomic E-state index is -0.250. The molecule has 1 aliphatic rings. The normalized spacial score (nSPS) is 13.0. The predicted octanol–water partition coefficient (Wildman–Crippen LogP) is 7.98. The Labute approximate surface area is 265 Å². The van der Waals surface area contributed by atoms with Crippen LogP contribution in [0, 0.1) is 6.92 Å². The summed E-state index contributed by atoms with van der Waals surface area (Å²) in [5.74, 6) is 0.965. The fraction of sp³-hybridized carbons (Fsp3) is 0.289. The summed E-state index contributed by atoms with van der Waals surface area (Å²) in [5, 5.41) is 11.8. The van der Waals surface area contributed by atoms with E-state index < -0.39 is 0 Å². The number of benzene rings is 4. The van der Waals surface area contributed by atoms with Crippen molar-refractivity contribution >= 4 is 27.9 Å². The van der Waals surface area contributed by atoms with Crippen molar-refractivity contribution in [3.05, 3.63) is 125 Å². The van der Waals surface area contributed by atoms with Crippen LogP contribution in [0.1, 0.15) is 40.7 Å². The molecule has 0 unspecified atom stereocenters. The Morgan fingerprint density at radius 1 is 0.864 bits per heavy atom. The van der Waals surface area contributed by atoms with Crippen LogP contribution in [0.5, 0.6) is 5.75 Å². The van der Waals surface area contributed by atoms with E-state index in [0.717, 1.165) is 44.8 Å². The number of nitrogens with one attached hydrogen (secondary N) is 1. The van der Waals surface area contributed by atoms with Crippen LogP contribution in [0.3, 0.4) is 0 Å². The molecular weight excluding hydrogens is 564 g/mol. The van der Waals surface area contributed by atoms with Crippen molar-refractivity contribution in [2.75, 3.05) is 32.8 Å². The van der Waals surface area contributed by atoms with E-state index in [1.54, 1.807) is 0 Å². The molecule has 0 radical (unpaired) electrons. The van der Waals surface area contributed by atoms with Gasteiger partial charge in [0.1, 0.15) is 12.4 Å². The summed E-state index contributed by atoms with van der Waals surface area (Å²) in [4.78, 5) is 12.2. The second kappa shape index (κ2) is 16.2. The molecule has 4 aromatic carbocycles. The lowest BCUT2D eigenvalue weighted by Gasteiger charge is -2.15. The van der Waals surface area contributed by atoms with Crippen LogP contribution >= 0.6 is 11.3 Å². The minimum absolute atomic E-state index is 0.250. The van der Waals surface area contributed by atoms with E-state index in [1.807, 2.05) is 11.3 Å². The summed E-state index contributed by atoms with van der Waals surface area (Å²) in [5.41, 5.74) is 8.05. The van der Waals surface area contributed by atoms with Crippen LogP contribution < -0.4 is 10.1 Å². The predicted molar refractivity (Wildman–Crippen MR) is 183 cm³/mol. The molecule has 6 heteroatoms. The summed E-state index contributed by atoms with van der Waals surface area (Å²) in [6, 6.07) is 35.5. The van der Waals surface area contributed by atoms with E-state index in [-0.39, 0.29) is 6.47 Å². The lowest BCUT2D eigenvalue weighted by molar-refractivity contribution is -0.122. The monoisotopic (exact) mass is 606 g/mol. The Morgan fingerprint density at radius 2 is 1.52 bits per heavy atom. The number of hydrogen-bond donors (Lipinski definition) is 2. The van der Waals surface area contributed by atoms with Gasteiger partial charge in [0.2, 0.25) is 0 Å². The van der Waals surface area contributed by atoms with Crippen LogP contribution in [0.25, 0.3) is 20.5 Å². The van der Waals surface area contributed by atoms with E-state index >= 15 is 0 Å². The molecule has 6 rings (SSSR count). The van der Waals surface area contributed by atoms with Crippen LogP contribution in [0.4, 0.5) is 0 Å². The summed E-state index contributed by atoms with van der Waals surface area (Å²) < 4.78 is 7.40. The van der Waals surface area contributed by atoms with Crippen molar-refractivity contribution in [1.82, 2.24) is 10.2 Å². The van der Waals surface area contributed by atoms with Crippen molar-refractivity contribution < 1.29 is 14.6 Å². The van der Waals surface area contributed by atoms with E-state index in [2.05, 4.69) is 114 Å². The second-order valence-corrected chi connectivity index (χ2v) is 12.4. The van der Waals surface area contributed by atoms with E-state index in [4.69, 9.17) is 14.6 Å². The molecule has 0 aliphatic carbocycles. The number of likely N-dealkylation sites (tertiary alicyclic amines) is 1. The van der Waals surface area contributed by atoms with Crippen molar-refractivity contribution in [1.29, 1.82) is 0 Å². The Bertz CT molecular complexity index is 1590. The van der Waals surface area contributed by atoms with Crippen molar-refractivity contribution in [2.45, 2.75) is 39.2 Å². The van der Waals surface area contributed by atoms with Crippen LogP contribution in [-0.2, 0) is 24.2 Å². The van der Waals surface area contributed by atoms with Gasteiger partial charge in [-0.3, -0.25) is 9.69 Å². The number of nitrogens with zero attached hydrogens (tertiary/aromatic N) is 1. The van der Waals surface area contributed by atoms with Gasteiger partial charge in [-0.25, -0.2) is 0 Å². The Hall–Kier alpha value is -3.97. The highest BCUT2D eigenvalue weighted by Gasteiger charge is 2.15. The van der Waals surface area contributed by atoms with Crippen molar-refractivity contribution in [2.24, 2.45) is 0 Å². The molecule has 228 valence electrons. The highest BCUT2D eigenvalue weighted by Crippen LogP contribution is 2.40. The number of hydrogen-bond acceptors (Lipinski definition) is 5. The molecule has 5 aromatic rings. The molecule has 5 nitrogen and oxygen atoms in total. The van der Waals surface area contributed by atoms with Gasteiger partial charge in [0.15, 0.2) is 0 Å². The largest absolute Gasteiger partial charge is 0.492 e. The molecule has 2 N–H and O–H groups in total. The standard InChI is InChI=1S/C37H40N2OS.CH2O2/c1-28-8-10-31(11-9-28)27-38-21-20-29-12-16-32(17-13-29)37-35(34-6-2-3-7-36(34)41-37)26-30-14-18-33(19-15-30)40-25-24-39-22-4-5-23-39;2-1-3/h2-3,6-19,38H,4-5,20-27H2,1H3;1H,(H,2,3). The molecule has 0 atom stereocenters. The maximum absolute atomic E-state index is 8.36. The molecular formula is C38H42N2O3S. The molecule has 0 bridgehead atoms. The van der Waals surface area contributed by atoms with Gasteiger partial charge in [-0.2, -0.15) is 0 Å². The maximum atomic E-state index is 8.36. The summed E-state index contributed by atoms with van der Waals surface area (Å²) in [7, 11) is 0. The van der Waals surface area contributed by atoms with E-state index in [0.29, 0.717) is 0 Å². The number of fused-ring (bicyclic) bond motifs is 1. The summed E-state index contributed by atoms with van der Waals surface area (Å²) in [6.07, 6.45) is 4.59. The zero-order valence-electron chi connectivity index (χ0n) is 25.5. The van der Waals surface area contributed by atoms with Gasteiger partial charge in [-0.05, 0) is 104 Å². The fourth-order valence-corrected chi connectivity index (χ4v) is 6.94. The Balaban J connectivity index is 0.00000123. The molecule has 44 heavy (non-hydrogen) atoms. The molecule has 2 heterocycles. The average molecular weight is 607 g/mol. The minimum Gasteiger partial charge on any atom is -0.492 e. The number of thiophene rings is 1. The second-order valence-electron chi connectivity index (χ2n) is 11.3. The maximum Gasteiger partial charge on any atom is 0.290 e. The fourth-order valence-electron chi connectivity index (χ4n) is 5.71. The highest BCUT2D eigenvalue weighted by atomic mass is 32.1. The van der Waals surface area contributed by atoms with E-state index in [9.17, 15) is 0 Å². The lowest BCUT2D eigenvalue weighted by atomic mass is 9.98. The highest BCUT2D eigenvalue weighted by molar-refractivity contribution is 7.22. The zero-order valence-corrected chi connectivity index (χ0v) is 26.3. The number of carboxylic acid groups (broad SMARTS) is 1. The molecule has 1 aromatic heterocycles. The topological polar surface area (TPSA) is 61.8 Å². The molecule has 0 amide bonds. The Kier molecular flexibility index (Phi) is 11.6. The van der Waals surface area contributed by atoms with E-state index in [1.165, 1.54) is 74.3 Å². The van der Waals surface area contributed by atoms with Crippen molar-refractivity contribution in [3.63, 3.8) is 0 Å². The summed E-state index contributed by atoms with van der Waals surface area (Å²) in [6.45, 7) is 7.98. The first-order valence-electron chi connectivity index (χ1n) is 15.5. The Morgan fingerprint density at radius 3 is 2.25 bits per heavy atom. The molecule has 0 spiro atoms. The summed E-state index contributed by atoms with van der Waals surface area (Å²) >= 11 is 1.91. The van der Waals surface area contributed by atoms with Gasteiger partial charge >= 0.3 is 0 Å². The van der Waals surface area contributed by atoms with Gasteiger partial charge in [-0.1, -0.05) is 84.4 Å². The first kappa shape index (κ1) is 31.5. The first-order chi connectivity index (χ1) is 21.6. The smallest absolute Gasteiger partial charge is 0.290 e.